The predicted octanol–water partition coefficient (Wildman–Crippen LogP) is 10.9. The van der Waals surface area contributed by atoms with Gasteiger partial charge in [-0.25, -0.2) is 4.57 Å². The molecule has 0 aromatic heterocycles. The summed E-state index contributed by atoms with van der Waals surface area (Å²) in [5.41, 5.74) is 6.47. The number of ketones is 1. The van der Waals surface area contributed by atoms with Crippen LogP contribution in [0.3, 0.4) is 0 Å². The maximum atomic E-state index is 13.3. The summed E-state index contributed by atoms with van der Waals surface area (Å²) in [6.07, 6.45) is 38.1. The van der Waals surface area contributed by atoms with Crippen LogP contribution >= 0.6 is 7.82 Å². The summed E-state index contributed by atoms with van der Waals surface area (Å²) in [7, 11) is -4.64. The summed E-state index contributed by atoms with van der Waals surface area (Å²) in [5, 5.41) is 0. The summed E-state index contributed by atoms with van der Waals surface area (Å²) in [6.45, 7) is 8.94. The van der Waals surface area contributed by atoms with Crippen molar-refractivity contribution in [3.05, 3.63) is 0 Å². The zero-order valence-corrected chi connectivity index (χ0v) is 33.0. The minimum Gasteiger partial charge on any atom is -0.303 e. The zero-order chi connectivity index (χ0) is 33.5. The van der Waals surface area contributed by atoms with E-state index in [1.54, 1.807) is 0 Å². The van der Waals surface area contributed by atoms with Gasteiger partial charge in [-0.2, -0.15) is 0 Å². The standard InChI is InChI=1S/C36H72NO.Na.H3O4P/c1-5-7-9-11-13-15-17-19-20-22-24-26-28-30-32-34(36(38)35(37)33(3)4)31-29-27-25-23-21-18-16-14-12-10-8-6-2;;1-5(2,3)4/h34-35H,5-32,37H2,1-4H3;;(H3,1,2,3,4). The van der Waals surface area contributed by atoms with Crippen molar-refractivity contribution in [1.82, 2.24) is 0 Å². The minimum atomic E-state index is -4.64. The smallest absolute Gasteiger partial charge is 0.303 e. The van der Waals surface area contributed by atoms with Gasteiger partial charge in [0.15, 0.2) is 0 Å². The first-order valence-electron chi connectivity index (χ1n) is 18.9. The van der Waals surface area contributed by atoms with E-state index in [9.17, 15) is 4.79 Å². The molecule has 0 aromatic carbocycles. The van der Waals surface area contributed by atoms with Crippen molar-refractivity contribution in [3.63, 3.8) is 0 Å². The molecule has 8 heteroatoms. The fraction of sp³-hybridized carbons (Fsp3) is 0.972. The monoisotopic (exact) mass is 656 g/mol. The second kappa shape index (κ2) is 32.3. The molecule has 6 nitrogen and oxygen atoms in total. The maximum absolute atomic E-state index is 13.3. The van der Waals surface area contributed by atoms with E-state index in [1.165, 1.54) is 167 Å². The number of Topliss-reactive ketones (excluding diaryl/α,β-unsaturated/α-hetero) is 1. The number of phosphoric acid groups is 1. The van der Waals surface area contributed by atoms with Crippen molar-refractivity contribution in [2.45, 2.75) is 216 Å². The largest absolute Gasteiger partial charge is 0.466 e. The molecule has 0 radical (unpaired) electrons. The summed E-state index contributed by atoms with van der Waals surface area (Å²) in [4.78, 5) is 34.8. The van der Waals surface area contributed by atoms with Gasteiger partial charge < -0.3 is 14.7 Å². The summed E-state index contributed by atoms with van der Waals surface area (Å²) >= 11 is 0.973. The molecule has 2 unspecified atom stereocenters. The molecule has 0 saturated heterocycles. The van der Waals surface area contributed by atoms with Gasteiger partial charge in [-0.1, -0.05) is 90.9 Å². The van der Waals surface area contributed by atoms with Crippen molar-refractivity contribution in [3.8, 4) is 0 Å². The number of rotatable bonds is 31. The minimum absolute atomic E-state index is 0.00137. The Bertz CT molecular complexity index is 659. The van der Waals surface area contributed by atoms with E-state index in [-0.39, 0.29) is 14.6 Å². The number of unbranched alkanes of at least 4 members (excludes halogenated alkanes) is 24. The van der Waals surface area contributed by atoms with E-state index in [2.05, 4.69) is 27.7 Å². The van der Waals surface area contributed by atoms with Gasteiger partial charge in [-0.15, -0.1) is 0 Å². The van der Waals surface area contributed by atoms with Crippen molar-refractivity contribution < 1.29 is 24.0 Å². The van der Waals surface area contributed by atoms with Crippen LogP contribution in [0.2, 0.25) is 2.66 Å². The Morgan fingerprint density at radius 2 is 0.773 bits per heavy atom. The Balaban J connectivity index is 0. The van der Waals surface area contributed by atoms with E-state index in [0.717, 1.165) is 40.8 Å². The molecule has 260 valence electrons. The third-order valence-electron chi connectivity index (χ3n) is 8.95. The quantitative estimate of drug-likeness (QED) is 0.0335. The molecule has 0 spiro atoms. The van der Waals surface area contributed by atoms with Crippen LogP contribution in [0, 0.1) is 5.92 Å². The van der Waals surface area contributed by atoms with E-state index >= 15 is 0 Å². The molecule has 0 aliphatic rings. The van der Waals surface area contributed by atoms with Gasteiger partial charge in [-0.3, -0.25) is 0 Å². The van der Waals surface area contributed by atoms with E-state index in [1.807, 2.05) is 0 Å². The van der Waals surface area contributed by atoms with Crippen LogP contribution in [0.25, 0.3) is 0 Å². The van der Waals surface area contributed by atoms with E-state index in [0.29, 0.717) is 5.78 Å². The Hall–Kier alpha value is 0.740. The van der Waals surface area contributed by atoms with Gasteiger partial charge in [0, 0.05) is 0 Å². The molecule has 0 heterocycles. The topological polar surface area (TPSA) is 121 Å². The molecule has 0 fully saturated rings. The molecular formula is C36H75NNaO5P. The van der Waals surface area contributed by atoms with Crippen molar-refractivity contribution in [2.24, 2.45) is 11.7 Å². The van der Waals surface area contributed by atoms with Crippen molar-refractivity contribution in [2.75, 3.05) is 0 Å². The Kier molecular flexibility index (Phi) is 34.4. The second-order valence-electron chi connectivity index (χ2n) is 14.5. The third kappa shape index (κ3) is 37.2. The van der Waals surface area contributed by atoms with Crippen LogP contribution in [-0.2, 0) is 9.36 Å². The molecule has 0 aromatic rings. The Morgan fingerprint density at radius 3 is 0.977 bits per heavy atom. The van der Waals surface area contributed by atoms with Crippen LogP contribution in [0.15, 0.2) is 0 Å². The van der Waals surface area contributed by atoms with E-state index < -0.39 is 7.82 Å². The summed E-state index contributed by atoms with van der Waals surface area (Å²) < 4.78 is 8.88. The van der Waals surface area contributed by atoms with Crippen LogP contribution in [0.1, 0.15) is 207 Å². The normalized spacial score (nSPS) is 13.4. The van der Waals surface area contributed by atoms with E-state index in [4.69, 9.17) is 25.0 Å². The summed E-state index contributed by atoms with van der Waals surface area (Å²) in [6, 6.07) is -0.266. The van der Waals surface area contributed by atoms with Crippen molar-refractivity contribution >= 4 is 41.5 Å². The fourth-order valence-electron chi connectivity index (χ4n) is 5.93. The number of nitrogens with two attached hydrogens (primary N) is 1. The third-order valence-corrected chi connectivity index (χ3v) is 9.58. The average molecular weight is 656 g/mol. The number of hydrogen-bond acceptors (Lipinski definition) is 3. The first-order chi connectivity index (χ1) is 20.8. The first kappa shape index (κ1) is 46.9. The van der Waals surface area contributed by atoms with Crippen LogP contribution in [-0.4, -0.2) is 54.4 Å². The molecular weight excluding hydrogens is 580 g/mol. The SMILES string of the molecule is CCCCCCCCCCCCCCCCC(CCCCCCCCCCCCCC)C(=O)C(N)[C](C)(C)[Na].O=P(O)(O)O. The van der Waals surface area contributed by atoms with Gasteiger partial charge in [0.05, 0.1) is 0 Å². The molecule has 44 heavy (non-hydrogen) atoms. The molecule has 5 N–H and O–H groups in total. The van der Waals surface area contributed by atoms with Crippen molar-refractivity contribution in [1.29, 1.82) is 0 Å². The van der Waals surface area contributed by atoms with Gasteiger partial charge in [0.1, 0.15) is 0 Å². The predicted molar refractivity (Wildman–Crippen MR) is 191 cm³/mol. The number of carbonyl (C=O) groups excluding carboxylic acids is 1. The number of hydrogen-bond donors (Lipinski definition) is 4. The summed E-state index contributed by atoms with van der Waals surface area (Å²) in [5.74, 6) is 0.571. The van der Waals surface area contributed by atoms with Gasteiger partial charge in [0.2, 0.25) is 0 Å². The average Bonchev–Trinajstić information content (AvgIpc) is 2.94. The van der Waals surface area contributed by atoms with Gasteiger partial charge >= 0.3 is 183 Å². The molecule has 0 aliphatic carbocycles. The zero-order valence-electron chi connectivity index (χ0n) is 30.1. The van der Waals surface area contributed by atoms with Crippen LogP contribution in [0.5, 0.6) is 0 Å². The Morgan fingerprint density at radius 1 is 0.568 bits per heavy atom. The molecule has 0 aliphatic heterocycles. The fourth-order valence-corrected chi connectivity index (χ4v) is 6.21. The first-order valence-corrected chi connectivity index (χ1v) is 21.5. The van der Waals surface area contributed by atoms with Crippen LogP contribution < -0.4 is 5.73 Å². The van der Waals surface area contributed by atoms with Crippen LogP contribution in [0.4, 0.5) is 0 Å². The number of carbonyl (C=O) groups is 1. The second-order valence-corrected chi connectivity index (χ2v) is 18.1. The maximum Gasteiger partial charge on any atom is 0.466 e. The molecule has 0 amide bonds. The molecule has 0 saturated carbocycles. The van der Waals surface area contributed by atoms with Gasteiger partial charge in [-0.05, 0) is 0 Å². The molecule has 0 rings (SSSR count). The molecule has 0 bridgehead atoms. The van der Waals surface area contributed by atoms with Gasteiger partial charge in [0.25, 0.3) is 0 Å². The Labute approximate surface area is 291 Å². The molecule has 2 atom stereocenters.